The van der Waals surface area contributed by atoms with Crippen molar-refractivity contribution in [2.45, 2.75) is 0 Å². The number of hydrogen-bond acceptors (Lipinski definition) is 1. The van der Waals surface area contributed by atoms with Crippen LogP contribution in [0, 0.1) is 6.42 Å². The summed E-state index contributed by atoms with van der Waals surface area (Å²) < 4.78 is 0.946. The maximum absolute atomic E-state index is 10.1. The van der Waals surface area contributed by atoms with Gasteiger partial charge in [-0.3, -0.25) is 0 Å². The van der Waals surface area contributed by atoms with E-state index in [1.165, 1.54) is 6.42 Å². The number of rotatable bonds is 2. The van der Waals surface area contributed by atoms with Gasteiger partial charge in [0.25, 0.3) is 0 Å². The first-order valence-electron chi connectivity index (χ1n) is 2.87. The molecule has 0 fully saturated rings. The summed E-state index contributed by atoms with van der Waals surface area (Å²) in [6.45, 7) is 0. The molecule has 10 heavy (non-hydrogen) atoms. The quantitative estimate of drug-likeness (QED) is 0.665. The molecule has 2 heteroatoms. The highest BCUT2D eigenvalue weighted by Gasteiger charge is 1.95. The predicted octanol–water partition coefficient (Wildman–Crippen LogP) is 2.20. The number of aldehydes is 1. The Kier molecular flexibility index (Phi) is 2.63. The molecule has 1 nitrogen and oxygen atoms in total. The molecule has 0 saturated heterocycles. The van der Waals surface area contributed by atoms with E-state index in [-0.39, 0.29) is 0 Å². The third kappa shape index (κ3) is 1.67. The van der Waals surface area contributed by atoms with Gasteiger partial charge in [-0.2, -0.15) is 0 Å². The molecule has 0 atom stereocenters. The molecule has 51 valence electrons. The zero-order valence-electron chi connectivity index (χ0n) is 5.25. The van der Waals surface area contributed by atoms with Gasteiger partial charge in [-0.1, -0.05) is 34.1 Å². The van der Waals surface area contributed by atoms with E-state index in [2.05, 4.69) is 15.9 Å². The van der Waals surface area contributed by atoms with Gasteiger partial charge in [0.2, 0.25) is 0 Å². The van der Waals surface area contributed by atoms with E-state index < -0.39 is 0 Å². The number of carbonyl (C=O) groups is 1. The second-order valence-electron chi connectivity index (χ2n) is 1.82. The van der Waals surface area contributed by atoms with Crippen LogP contribution in [0.4, 0.5) is 0 Å². The second kappa shape index (κ2) is 3.52. The molecule has 0 aliphatic rings. The maximum Gasteiger partial charge on any atom is 0.128 e. The Balaban J connectivity index is 2.91. The molecular weight excluding hydrogens is 192 g/mol. The first-order chi connectivity index (χ1) is 4.84. The van der Waals surface area contributed by atoms with Crippen molar-refractivity contribution in [1.29, 1.82) is 0 Å². The number of hydrogen-bond donors (Lipinski definition) is 0. The summed E-state index contributed by atoms with van der Waals surface area (Å²) in [6.07, 6.45) is 2.30. The summed E-state index contributed by atoms with van der Waals surface area (Å²) >= 11 is 3.31. The van der Waals surface area contributed by atoms with Gasteiger partial charge in [-0.05, 0) is 11.6 Å². The molecule has 1 aromatic rings. The van der Waals surface area contributed by atoms with Gasteiger partial charge in [0.15, 0.2) is 0 Å². The van der Waals surface area contributed by atoms with Crippen LogP contribution >= 0.6 is 15.9 Å². The van der Waals surface area contributed by atoms with Gasteiger partial charge < -0.3 is 4.79 Å². The van der Waals surface area contributed by atoms with E-state index in [9.17, 15) is 4.79 Å². The Bertz CT molecular complexity index is 232. The number of benzene rings is 1. The summed E-state index contributed by atoms with van der Waals surface area (Å²) in [6, 6.07) is 7.57. The summed E-state index contributed by atoms with van der Waals surface area (Å²) in [7, 11) is 0. The largest absolute Gasteiger partial charge is 0.303 e. The van der Waals surface area contributed by atoms with Crippen LogP contribution in [0.15, 0.2) is 28.7 Å². The molecule has 0 N–H and O–H groups in total. The third-order valence-corrected chi connectivity index (χ3v) is 1.87. The zero-order valence-corrected chi connectivity index (χ0v) is 6.84. The highest BCUT2D eigenvalue weighted by atomic mass is 79.9. The molecule has 0 saturated carbocycles. The summed E-state index contributed by atoms with van der Waals surface area (Å²) in [5.41, 5.74) is 0.914. The van der Waals surface area contributed by atoms with Gasteiger partial charge in [-0.15, -0.1) is 0 Å². The Morgan fingerprint density at radius 3 is 2.60 bits per heavy atom. The Morgan fingerprint density at radius 1 is 1.30 bits per heavy atom. The molecule has 0 aromatic heterocycles. The van der Waals surface area contributed by atoms with Crippen LogP contribution in [0.3, 0.4) is 0 Å². The Morgan fingerprint density at radius 2 is 2.00 bits per heavy atom. The normalized spacial score (nSPS) is 9.30. The fourth-order valence-corrected chi connectivity index (χ4v) is 1.10. The highest BCUT2D eigenvalue weighted by Crippen LogP contribution is 2.16. The third-order valence-electron chi connectivity index (χ3n) is 1.15. The van der Waals surface area contributed by atoms with E-state index in [0.717, 1.165) is 16.3 Å². The monoisotopic (exact) mass is 197 g/mol. The molecule has 0 spiro atoms. The summed E-state index contributed by atoms with van der Waals surface area (Å²) in [5.74, 6) is 0. The van der Waals surface area contributed by atoms with Crippen molar-refractivity contribution in [2.24, 2.45) is 0 Å². The molecule has 0 amide bonds. The van der Waals surface area contributed by atoms with Gasteiger partial charge in [0.05, 0.1) is 6.42 Å². The van der Waals surface area contributed by atoms with Gasteiger partial charge in [0.1, 0.15) is 6.29 Å². The molecule has 1 radical (unpaired) electrons. The topological polar surface area (TPSA) is 17.1 Å². The lowest BCUT2D eigenvalue weighted by Gasteiger charge is -1.95. The molecule has 0 aliphatic heterocycles. The standard InChI is InChI=1S/C8H6BrO/c9-8-4-2-1-3-7(8)5-6-10/h1-6H. The van der Waals surface area contributed by atoms with Crippen molar-refractivity contribution in [1.82, 2.24) is 0 Å². The van der Waals surface area contributed by atoms with E-state index >= 15 is 0 Å². The molecule has 0 bridgehead atoms. The van der Waals surface area contributed by atoms with E-state index in [1.54, 1.807) is 0 Å². The van der Waals surface area contributed by atoms with Crippen molar-refractivity contribution in [3.05, 3.63) is 40.7 Å². The minimum atomic E-state index is 0.778. The minimum Gasteiger partial charge on any atom is -0.303 e. The van der Waals surface area contributed by atoms with Crippen molar-refractivity contribution < 1.29 is 4.79 Å². The molecule has 0 aliphatic carbocycles. The maximum atomic E-state index is 10.1. The number of halogens is 1. The zero-order chi connectivity index (χ0) is 7.40. The first-order valence-corrected chi connectivity index (χ1v) is 3.67. The van der Waals surface area contributed by atoms with Crippen LogP contribution in [0.25, 0.3) is 0 Å². The van der Waals surface area contributed by atoms with Crippen molar-refractivity contribution in [3.63, 3.8) is 0 Å². The highest BCUT2D eigenvalue weighted by molar-refractivity contribution is 9.10. The lowest BCUT2D eigenvalue weighted by Crippen LogP contribution is -1.82. The van der Waals surface area contributed by atoms with Crippen LogP contribution in [0.5, 0.6) is 0 Å². The smallest absolute Gasteiger partial charge is 0.128 e. The van der Waals surface area contributed by atoms with Gasteiger partial charge in [-0.25, -0.2) is 0 Å². The minimum absolute atomic E-state index is 0.778. The fraction of sp³-hybridized carbons (Fsp3) is 0. The van der Waals surface area contributed by atoms with Crippen LogP contribution in [-0.2, 0) is 4.79 Å². The summed E-state index contributed by atoms with van der Waals surface area (Å²) in [5, 5.41) is 0. The molecule has 0 heterocycles. The average Bonchev–Trinajstić information content (AvgIpc) is 1.94. The Hall–Kier alpha value is -0.630. The van der Waals surface area contributed by atoms with Crippen molar-refractivity contribution >= 4 is 22.2 Å². The van der Waals surface area contributed by atoms with Crippen LogP contribution < -0.4 is 0 Å². The lowest BCUT2D eigenvalue weighted by molar-refractivity contribution is -0.104. The van der Waals surface area contributed by atoms with E-state index in [1.807, 2.05) is 24.3 Å². The Labute approximate surface area is 68.2 Å². The van der Waals surface area contributed by atoms with Crippen LogP contribution in [0.2, 0.25) is 0 Å². The number of carbonyl (C=O) groups excluding carboxylic acids is 1. The predicted molar refractivity (Wildman–Crippen MR) is 43.6 cm³/mol. The van der Waals surface area contributed by atoms with Gasteiger partial charge >= 0.3 is 0 Å². The average molecular weight is 198 g/mol. The van der Waals surface area contributed by atoms with Crippen molar-refractivity contribution in [2.75, 3.05) is 0 Å². The molecule has 0 unspecified atom stereocenters. The van der Waals surface area contributed by atoms with E-state index in [4.69, 9.17) is 0 Å². The molecular formula is C8H6BrO. The van der Waals surface area contributed by atoms with Crippen LogP contribution in [-0.4, -0.2) is 6.29 Å². The van der Waals surface area contributed by atoms with Gasteiger partial charge in [0, 0.05) is 4.47 Å². The first kappa shape index (κ1) is 7.48. The van der Waals surface area contributed by atoms with Crippen LogP contribution in [0.1, 0.15) is 5.56 Å². The molecule has 1 aromatic carbocycles. The molecule has 1 rings (SSSR count). The van der Waals surface area contributed by atoms with Crippen molar-refractivity contribution in [3.8, 4) is 0 Å². The fourth-order valence-electron chi connectivity index (χ4n) is 0.684. The second-order valence-corrected chi connectivity index (χ2v) is 2.68. The summed E-state index contributed by atoms with van der Waals surface area (Å²) in [4.78, 5) is 10.1. The van der Waals surface area contributed by atoms with E-state index in [0.29, 0.717) is 0 Å². The lowest BCUT2D eigenvalue weighted by atomic mass is 10.2. The SMILES string of the molecule is O=C[CH]c1ccccc1Br.